The van der Waals surface area contributed by atoms with Crippen LogP contribution in [0.4, 0.5) is 0 Å². The van der Waals surface area contributed by atoms with Crippen molar-refractivity contribution in [3.63, 3.8) is 0 Å². The molecular weight excluding hydrogens is 92.1 g/mol. The molecule has 0 spiro atoms. The molecule has 0 amide bonds. The average molecular weight is 101 g/mol. The van der Waals surface area contributed by atoms with E-state index in [2.05, 4.69) is 0 Å². The van der Waals surface area contributed by atoms with Crippen LogP contribution >= 0.6 is 0 Å². The molecule has 0 saturated heterocycles. The van der Waals surface area contributed by atoms with Crippen LogP contribution in [0.15, 0.2) is 0 Å². The molecule has 7 heavy (non-hydrogen) atoms. The minimum atomic E-state index is -0.789. The Balaban J connectivity index is 3.34. The first kappa shape index (κ1) is 6.47. The molecule has 0 aliphatic heterocycles. The van der Waals surface area contributed by atoms with E-state index in [1.165, 1.54) is 0 Å². The van der Waals surface area contributed by atoms with Crippen LogP contribution in [0.3, 0.4) is 0 Å². The predicted octanol–water partition coefficient (Wildman–Crippen LogP) is 1.08. The molecule has 0 bridgehead atoms. The quantitative estimate of drug-likeness (QED) is 0.565. The zero-order valence-corrected chi connectivity index (χ0v) is 4.56. The van der Waals surface area contributed by atoms with Crippen molar-refractivity contribution in [3.05, 3.63) is 5.92 Å². The highest BCUT2D eigenvalue weighted by molar-refractivity contribution is 5.81. The Morgan fingerprint density at radius 3 is 2.14 bits per heavy atom. The lowest BCUT2D eigenvalue weighted by molar-refractivity contribution is -0.134. The maximum atomic E-state index is 9.89. The summed E-state index contributed by atoms with van der Waals surface area (Å²) in [4.78, 5) is 9.89. The third-order valence-electron chi connectivity index (χ3n) is 0.895. The number of aliphatic carboxylic acids is 1. The molecule has 0 rings (SSSR count). The van der Waals surface area contributed by atoms with Gasteiger partial charge in [-0.05, 0) is 13.3 Å². The van der Waals surface area contributed by atoms with E-state index in [4.69, 9.17) is 5.11 Å². The number of hydrogen-bond donors (Lipinski definition) is 1. The number of hydrogen-bond acceptors (Lipinski definition) is 1. The van der Waals surface area contributed by atoms with Crippen LogP contribution < -0.4 is 0 Å². The maximum Gasteiger partial charge on any atom is 0.310 e. The summed E-state index contributed by atoms with van der Waals surface area (Å²) in [6.07, 6.45) is 0.634. The van der Waals surface area contributed by atoms with Gasteiger partial charge in [0.15, 0.2) is 0 Å². The Bertz CT molecular complexity index is 68.5. The lowest BCUT2D eigenvalue weighted by atomic mass is 10.1. The summed E-state index contributed by atoms with van der Waals surface area (Å²) in [6.45, 7) is 3.44. The molecule has 0 heterocycles. The van der Waals surface area contributed by atoms with Crippen LogP contribution in [0.5, 0.6) is 0 Å². The zero-order valence-electron chi connectivity index (χ0n) is 4.56. The second kappa shape index (κ2) is 2.61. The molecule has 0 aromatic heterocycles. The van der Waals surface area contributed by atoms with Crippen molar-refractivity contribution in [2.24, 2.45) is 0 Å². The van der Waals surface area contributed by atoms with Crippen LogP contribution in [-0.4, -0.2) is 11.1 Å². The Morgan fingerprint density at radius 2 is 2.14 bits per heavy atom. The molecule has 0 atom stereocenters. The van der Waals surface area contributed by atoms with Crippen LogP contribution in [0, 0.1) is 5.92 Å². The van der Waals surface area contributed by atoms with E-state index >= 15 is 0 Å². The summed E-state index contributed by atoms with van der Waals surface area (Å²) in [5, 5.41) is 8.14. The molecule has 0 unspecified atom stereocenters. The second-order valence-electron chi connectivity index (χ2n) is 1.44. The van der Waals surface area contributed by atoms with Gasteiger partial charge in [0, 0.05) is 0 Å². The Labute approximate surface area is 43.2 Å². The van der Waals surface area contributed by atoms with Gasteiger partial charge in [0.1, 0.15) is 0 Å². The van der Waals surface area contributed by atoms with Crippen LogP contribution in [-0.2, 0) is 4.79 Å². The summed E-state index contributed by atoms with van der Waals surface area (Å²) in [6, 6.07) is 0. The number of carboxylic acid groups (broad SMARTS) is 1. The normalized spacial score (nSPS) is 9.57. The lowest BCUT2D eigenvalue weighted by Gasteiger charge is -1.95. The minimum Gasteiger partial charge on any atom is -0.481 e. The van der Waals surface area contributed by atoms with Gasteiger partial charge in [0.25, 0.3) is 0 Å². The molecule has 1 radical (unpaired) electrons. The Morgan fingerprint density at radius 1 is 1.71 bits per heavy atom. The molecular formula is C5H9O2. The molecule has 0 aromatic carbocycles. The standard InChI is InChI=1S/C5H9O2/c1-3-4(2)5(6)7/h3H2,1-2H3,(H,6,7). The van der Waals surface area contributed by atoms with Crippen molar-refractivity contribution in [2.45, 2.75) is 20.3 Å². The molecule has 2 nitrogen and oxygen atoms in total. The SMILES string of the molecule is CC[C](C)C(=O)O. The molecule has 0 aliphatic rings. The Hall–Kier alpha value is -0.530. The highest BCUT2D eigenvalue weighted by Crippen LogP contribution is 2.00. The van der Waals surface area contributed by atoms with Crippen molar-refractivity contribution in [2.75, 3.05) is 0 Å². The topological polar surface area (TPSA) is 37.3 Å². The van der Waals surface area contributed by atoms with Crippen molar-refractivity contribution in [1.82, 2.24) is 0 Å². The summed E-state index contributed by atoms with van der Waals surface area (Å²) in [5.74, 6) is -0.275. The molecule has 0 fully saturated rings. The largest absolute Gasteiger partial charge is 0.481 e. The third kappa shape index (κ3) is 2.20. The molecule has 1 N–H and O–H groups in total. The van der Waals surface area contributed by atoms with Gasteiger partial charge in [-0.1, -0.05) is 6.92 Å². The van der Waals surface area contributed by atoms with E-state index < -0.39 is 5.97 Å². The van der Waals surface area contributed by atoms with Gasteiger partial charge >= 0.3 is 5.97 Å². The van der Waals surface area contributed by atoms with Crippen molar-refractivity contribution in [3.8, 4) is 0 Å². The van der Waals surface area contributed by atoms with E-state index in [0.29, 0.717) is 12.3 Å². The van der Waals surface area contributed by atoms with Gasteiger partial charge in [-0.15, -0.1) is 0 Å². The second-order valence-corrected chi connectivity index (χ2v) is 1.44. The fourth-order valence-corrected chi connectivity index (χ4v) is 0.151. The maximum absolute atomic E-state index is 9.89. The van der Waals surface area contributed by atoms with Crippen molar-refractivity contribution in [1.29, 1.82) is 0 Å². The van der Waals surface area contributed by atoms with E-state index in [0.717, 1.165) is 0 Å². The summed E-state index contributed by atoms with van der Waals surface area (Å²) < 4.78 is 0. The molecule has 41 valence electrons. The van der Waals surface area contributed by atoms with E-state index in [9.17, 15) is 4.79 Å². The van der Waals surface area contributed by atoms with Gasteiger partial charge in [-0.25, -0.2) is 0 Å². The lowest BCUT2D eigenvalue weighted by Crippen LogP contribution is -2.04. The van der Waals surface area contributed by atoms with Gasteiger partial charge in [0.05, 0.1) is 5.92 Å². The van der Waals surface area contributed by atoms with Gasteiger partial charge < -0.3 is 5.11 Å². The number of carboxylic acids is 1. The first-order chi connectivity index (χ1) is 3.18. The number of carbonyl (C=O) groups is 1. The van der Waals surface area contributed by atoms with Gasteiger partial charge in [0.2, 0.25) is 0 Å². The monoisotopic (exact) mass is 101 g/mol. The Kier molecular flexibility index (Phi) is 2.41. The predicted molar refractivity (Wildman–Crippen MR) is 26.8 cm³/mol. The fourth-order valence-electron chi connectivity index (χ4n) is 0.151. The van der Waals surface area contributed by atoms with Crippen LogP contribution in [0.1, 0.15) is 20.3 Å². The van der Waals surface area contributed by atoms with Crippen molar-refractivity contribution >= 4 is 5.97 Å². The first-order valence-electron chi connectivity index (χ1n) is 2.24. The van der Waals surface area contributed by atoms with Gasteiger partial charge in [-0.3, -0.25) is 4.79 Å². The molecule has 0 aliphatic carbocycles. The minimum absolute atomic E-state index is 0.514. The van der Waals surface area contributed by atoms with E-state index in [1.807, 2.05) is 6.92 Å². The number of rotatable bonds is 2. The first-order valence-corrected chi connectivity index (χ1v) is 2.24. The smallest absolute Gasteiger partial charge is 0.310 e. The highest BCUT2D eigenvalue weighted by Gasteiger charge is 2.06. The molecule has 0 saturated carbocycles. The summed E-state index contributed by atoms with van der Waals surface area (Å²) in [7, 11) is 0. The van der Waals surface area contributed by atoms with Crippen LogP contribution in [0.25, 0.3) is 0 Å². The zero-order chi connectivity index (χ0) is 5.86. The fraction of sp³-hybridized carbons (Fsp3) is 0.600. The average Bonchev–Trinajstić information content (AvgIpc) is 1.65. The van der Waals surface area contributed by atoms with Crippen molar-refractivity contribution < 1.29 is 9.90 Å². The van der Waals surface area contributed by atoms with E-state index in [1.54, 1.807) is 6.92 Å². The molecule has 2 heteroatoms. The summed E-state index contributed by atoms with van der Waals surface area (Å²) in [5.41, 5.74) is 0. The van der Waals surface area contributed by atoms with Crippen LogP contribution in [0.2, 0.25) is 0 Å². The van der Waals surface area contributed by atoms with Gasteiger partial charge in [-0.2, -0.15) is 0 Å². The van der Waals surface area contributed by atoms with E-state index in [-0.39, 0.29) is 0 Å². The molecule has 0 aromatic rings. The summed E-state index contributed by atoms with van der Waals surface area (Å²) >= 11 is 0. The highest BCUT2D eigenvalue weighted by atomic mass is 16.4. The third-order valence-corrected chi connectivity index (χ3v) is 0.895.